The minimum Gasteiger partial charge on any atom is -0.212 e. The molecule has 0 unspecified atom stereocenters. The Morgan fingerprint density at radius 3 is 2.57 bits per heavy atom. The van der Waals surface area contributed by atoms with Crippen molar-refractivity contribution in [2.45, 2.75) is 23.1 Å². The molecule has 3 rings (SSSR count). The van der Waals surface area contributed by atoms with E-state index in [1.807, 2.05) is 48.5 Å². The summed E-state index contributed by atoms with van der Waals surface area (Å²) in [5.74, 6) is 0.967. The van der Waals surface area contributed by atoms with Crippen molar-refractivity contribution >= 4 is 21.8 Å². The highest BCUT2D eigenvalue weighted by Crippen LogP contribution is 2.36. The lowest BCUT2D eigenvalue weighted by molar-refractivity contribution is 0.545. The summed E-state index contributed by atoms with van der Waals surface area (Å²) in [5, 5.41) is 0. The maximum absolute atomic E-state index is 12.4. The van der Waals surface area contributed by atoms with Gasteiger partial charge in [0, 0.05) is 10.9 Å². The van der Waals surface area contributed by atoms with Gasteiger partial charge in [-0.2, -0.15) is 0 Å². The van der Waals surface area contributed by atoms with Crippen LogP contribution in [0, 0.1) is 0 Å². The molecule has 0 spiro atoms. The first-order valence-corrected chi connectivity index (χ1v) is 9.53. The molecule has 0 aliphatic carbocycles. The van der Waals surface area contributed by atoms with Gasteiger partial charge in [-0.25, -0.2) is 13.1 Å². The average Bonchev–Trinajstić information content (AvgIpc) is 2.48. The van der Waals surface area contributed by atoms with E-state index in [0.717, 1.165) is 23.3 Å². The van der Waals surface area contributed by atoms with E-state index in [4.69, 9.17) is 0 Å². The van der Waals surface area contributed by atoms with Crippen LogP contribution < -0.4 is 4.72 Å². The smallest absolute Gasteiger partial charge is 0.212 e. The number of fused-ring (bicyclic) bond motifs is 1. The maximum Gasteiger partial charge on any atom is 0.216 e. The standard InChI is InChI=1S/C16H17NO2S2/c18-21(19,12-13-6-2-1-3-7-13)17-15-10-11-20-16-9-5-4-8-14(15)16/h1-9,15,17H,10-12H2/t15-/m0/s1. The van der Waals surface area contributed by atoms with Gasteiger partial charge in [0.2, 0.25) is 10.0 Å². The van der Waals surface area contributed by atoms with Crippen molar-refractivity contribution in [2.24, 2.45) is 0 Å². The number of nitrogens with one attached hydrogen (secondary N) is 1. The molecule has 1 N–H and O–H groups in total. The van der Waals surface area contributed by atoms with Gasteiger partial charge in [-0.15, -0.1) is 11.8 Å². The van der Waals surface area contributed by atoms with Gasteiger partial charge in [-0.05, 0) is 29.4 Å². The predicted molar refractivity (Wildman–Crippen MR) is 86.7 cm³/mol. The molecule has 0 fully saturated rings. The molecule has 1 aliphatic heterocycles. The third kappa shape index (κ3) is 3.67. The fourth-order valence-electron chi connectivity index (χ4n) is 2.52. The zero-order valence-electron chi connectivity index (χ0n) is 11.5. The minimum absolute atomic E-state index is 0.0274. The average molecular weight is 319 g/mol. The summed E-state index contributed by atoms with van der Waals surface area (Å²) in [6.07, 6.45) is 0.829. The van der Waals surface area contributed by atoms with Crippen LogP contribution >= 0.6 is 11.8 Å². The van der Waals surface area contributed by atoms with Crippen molar-refractivity contribution < 1.29 is 8.42 Å². The molecule has 0 saturated heterocycles. The number of hydrogen-bond acceptors (Lipinski definition) is 3. The molecule has 0 bridgehead atoms. The van der Waals surface area contributed by atoms with Crippen LogP contribution in [0.25, 0.3) is 0 Å². The molecule has 1 atom stereocenters. The molecule has 0 aromatic heterocycles. The van der Waals surface area contributed by atoms with Crippen molar-refractivity contribution in [3.63, 3.8) is 0 Å². The summed E-state index contributed by atoms with van der Waals surface area (Å²) in [4.78, 5) is 1.18. The zero-order valence-corrected chi connectivity index (χ0v) is 13.2. The summed E-state index contributed by atoms with van der Waals surface area (Å²) >= 11 is 1.79. The van der Waals surface area contributed by atoms with Gasteiger partial charge >= 0.3 is 0 Å². The van der Waals surface area contributed by atoms with Crippen molar-refractivity contribution in [3.8, 4) is 0 Å². The van der Waals surface area contributed by atoms with E-state index in [1.165, 1.54) is 4.90 Å². The monoisotopic (exact) mass is 319 g/mol. The Morgan fingerprint density at radius 2 is 1.76 bits per heavy atom. The second kappa shape index (κ2) is 6.22. The third-order valence-electron chi connectivity index (χ3n) is 3.48. The third-order valence-corrected chi connectivity index (χ3v) is 5.96. The summed E-state index contributed by atoms with van der Waals surface area (Å²) in [5.41, 5.74) is 1.90. The molecule has 21 heavy (non-hydrogen) atoms. The molecule has 0 amide bonds. The molecule has 0 radical (unpaired) electrons. The molecule has 0 saturated carbocycles. The van der Waals surface area contributed by atoms with Gasteiger partial charge in [0.25, 0.3) is 0 Å². The van der Waals surface area contributed by atoms with E-state index < -0.39 is 10.0 Å². The van der Waals surface area contributed by atoms with Crippen LogP contribution in [-0.2, 0) is 15.8 Å². The van der Waals surface area contributed by atoms with Gasteiger partial charge in [0.1, 0.15) is 0 Å². The van der Waals surface area contributed by atoms with Gasteiger partial charge in [0.05, 0.1) is 5.75 Å². The van der Waals surface area contributed by atoms with E-state index in [1.54, 1.807) is 11.8 Å². The second-order valence-corrected chi connectivity index (χ2v) is 7.98. The molecule has 110 valence electrons. The Hall–Kier alpha value is -1.30. The minimum atomic E-state index is -3.34. The molecule has 1 aliphatic rings. The van der Waals surface area contributed by atoms with Crippen LogP contribution in [-0.4, -0.2) is 14.2 Å². The van der Waals surface area contributed by atoms with Crippen molar-refractivity contribution in [2.75, 3.05) is 5.75 Å². The SMILES string of the molecule is O=S(=O)(Cc1ccccc1)N[C@H]1CCSc2ccccc21. The number of rotatable bonds is 4. The first-order chi connectivity index (χ1) is 10.1. The summed E-state index contributed by atoms with van der Waals surface area (Å²) < 4.78 is 27.6. The van der Waals surface area contributed by atoms with Gasteiger partial charge in [0.15, 0.2) is 0 Å². The molecule has 1 heterocycles. The Balaban J connectivity index is 1.78. The van der Waals surface area contributed by atoms with Crippen molar-refractivity contribution in [3.05, 3.63) is 65.7 Å². The quantitative estimate of drug-likeness (QED) is 0.940. The highest BCUT2D eigenvalue weighted by atomic mass is 32.2. The van der Waals surface area contributed by atoms with Crippen LogP contribution in [0.4, 0.5) is 0 Å². The van der Waals surface area contributed by atoms with Gasteiger partial charge in [-0.3, -0.25) is 0 Å². The summed E-state index contributed by atoms with van der Waals surface area (Å²) in [6, 6.07) is 17.2. The Kier molecular flexibility index (Phi) is 4.33. The van der Waals surface area contributed by atoms with Crippen LogP contribution in [0.2, 0.25) is 0 Å². The molecule has 5 heteroatoms. The van der Waals surface area contributed by atoms with Crippen molar-refractivity contribution in [1.29, 1.82) is 0 Å². The van der Waals surface area contributed by atoms with Crippen LogP contribution in [0.3, 0.4) is 0 Å². The highest BCUT2D eigenvalue weighted by molar-refractivity contribution is 7.99. The lowest BCUT2D eigenvalue weighted by atomic mass is 10.1. The predicted octanol–water partition coefficient (Wildman–Crippen LogP) is 3.34. The van der Waals surface area contributed by atoms with Crippen LogP contribution in [0.15, 0.2) is 59.5 Å². The first-order valence-electron chi connectivity index (χ1n) is 6.90. The summed E-state index contributed by atoms with van der Waals surface area (Å²) in [7, 11) is -3.34. The fourth-order valence-corrected chi connectivity index (χ4v) is 5.03. The normalized spacial score (nSPS) is 18.2. The molecule has 2 aromatic carbocycles. The van der Waals surface area contributed by atoms with Crippen molar-refractivity contribution in [1.82, 2.24) is 4.72 Å². The largest absolute Gasteiger partial charge is 0.216 e. The lowest BCUT2D eigenvalue weighted by Crippen LogP contribution is -2.31. The van der Waals surface area contributed by atoms with Gasteiger partial charge in [-0.1, -0.05) is 48.5 Å². The van der Waals surface area contributed by atoms with E-state index in [9.17, 15) is 8.42 Å². The number of benzene rings is 2. The lowest BCUT2D eigenvalue weighted by Gasteiger charge is -2.25. The number of hydrogen-bond donors (Lipinski definition) is 1. The van der Waals surface area contributed by atoms with Gasteiger partial charge < -0.3 is 0 Å². The molecular weight excluding hydrogens is 302 g/mol. The van der Waals surface area contributed by atoms with E-state index in [-0.39, 0.29) is 11.8 Å². The maximum atomic E-state index is 12.4. The number of thioether (sulfide) groups is 1. The highest BCUT2D eigenvalue weighted by Gasteiger charge is 2.24. The first kappa shape index (κ1) is 14.6. The molecule has 2 aromatic rings. The topological polar surface area (TPSA) is 46.2 Å². The second-order valence-electron chi connectivity index (χ2n) is 5.09. The Bertz CT molecular complexity index is 714. The molecular formula is C16H17NO2S2. The Morgan fingerprint density at radius 1 is 1.05 bits per heavy atom. The number of sulfonamides is 1. The van der Waals surface area contributed by atoms with Crippen LogP contribution in [0.5, 0.6) is 0 Å². The fraction of sp³-hybridized carbons (Fsp3) is 0.250. The molecule has 3 nitrogen and oxygen atoms in total. The van der Waals surface area contributed by atoms with E-state index in [0.29, 0.717) is 0 Å². The van der Waals surface area contributed by atoms with E-state index in [2.05, 4.69) is 10.8 Å². The Labute approximate surface area is 129 Å². The zero-order chi connectivity index (χ0) is 14.7. The van der Waals surface area contributed by atoms with Crippen LogP contribution in [0.1, 0.15) is 23.6 Å². The summed E-state index contributed by atoms with van der Waals surface area (Å²) in [6.45, 7) is 0. The van der Waals surface area contributed by atoms with E-state index >= 15 is 0 Å².